The van der Waals surface area contributed by atoms with E-state index in [-0.39, 0.29) is 0 Å². The zero-order chi connectivity index (χ0) is 12.2. The first-order chi connectivity index (χ1) is 7.45. The fourth-order valence-corrected chi connectivity index (χ4v) is 2.86. The van der Waals surface area contributed by atoms with E-state index in [1.807, 2.05) is 7.05 Å². The van der Waals surface area contributed by atoms with Gasteiger partial charge in [-0.15, -0.1) is 0 Å². The van der Waals surface area contributed by atoms with Crippen LogP contribution in [0.1, 0.15) is 32.1 Å². The van der Waals surface area contributed by atoms with Crippen molar-refractivity contribution in [1.82, 2.24) is 9.62 Å². The lowest BCUT2D eigenvalue weighted by Crippen LogP contribution is -2.45. The molecule has 1 fully saturated rings. The standard InChI is InChI=1S/C11H24N2O2S/c1-12-11(9-13(2)16(3,14)15)10-7-5-4-6-8-10/h10-12H,4-9H2,1-3H3/t11-/m1/s1. The van der Waals surface area contributed by atoms with Gasteiger partial charge in [0.25, 0.3) is 0 Å². The van der Waals surface area contributed by atoms with Crippen LogP contribution in [0.25, 0.3) is 0 Å². The smallest absolute Gasteiger partial charge is 0.211 e. The van der Waals surface area contributed by atoms with Crippen molar-refractivity contribution in [2.75, 3.05) is 26.9 Å². The summed E-state index contributed by atoms with van der Waals surface area (Å²) in [5.41, 5.74) is 0. The van der Waals surface area contributed by atoms with Crippen LogP contribution in [-0.4, -0.2) is 45.7 Å². The Morgan fingerprint density at radius 1 is 1.31 bits per heavy atom. The van der Waals surface area contributed by atoms with Crippen molar-refractivity contribution < 1.29 is 8.42 Å². The van der Waals surface area contributed by atoms with Gasteiger partial charge in [0.15, 0.2) is 0 Å². The molecule has 96 valence electrons. The molecule has 0 spiro atoms. The summed E-state index contributed by atoms with van der Waals surface area (Å²) in [6.45, 7) is 0.583. The topological polar surface area (TPSA) is 49.4 Å². The molecule has 0 aromatic carbocycles. The first-order valence-corrected chi connectivity index (χ1v) is 7.88. The highest BCUT2D eigenvalue weighted by molar-refractivity contribution is 7.88. The summed E-state index contributed by atoms with van der Waals surface area (Å²) in [7, 11) is 0.528. The van der Waals surface area contributed by atoms with Crippen molar-refractivity contribution in [2.45, 2.75) is 38.1 Å². The molecule has 16 heavy (non-hydrogen) atoms. The average molecular weight is 248 g/mol. The molecular weight excluding hydrogens is 224 g/mol. The second kappa shape index (κ2) is 5.98. The average Bonchev–Trinajstić information content (AvgIpc) is 2.25. The van der Waals surface area contributed by atoms with E-state index in [0.29, 0.717) is 18.5 Å². The Kier molecular flexibility index (Phi) is 5.21. The Morgan fingerprint density at radius 3 is 2.31 bits per heavy atom. The van der Waals surface area contributed by atoms with Gasteiger partial charge in [0, 0.05) is 19.6 Å². The summed E-state index contributed by atoms with van der Waals surface area (Å²) >= 11 is 0. The number of nitrogens with one attached hydrogen (secondary N) is 1. The van der Waals surface area contributed by atoms with Gasteiger partial charge in [-0.2, -0.15) is 0 Å². The van der Waals surface area contributed by atoms with Crippen molar-refractivity contribution in [3.63, 3.8) is 0 Å². The van der Waals surface area contributed by atoms with Crippen LogP contribution in [0.15, 0.2) is 0 Å². The molecule has 5 heteroatoms. The van der Waals surface area contributed by atoms with Crippen LogP contribution in [0.5, 0.6) is 0 Å². The summed E-state index contributed by atoms with van der Waals surface area (Å²) in [5, 5.41) is 3.27. The number of sulfonamides is 1. The minimum Gasteiger partial charge on any atom is -0.315 e. The van der Waals surface area contributed by atoms with Gasteiger partial charge in [-0.25, -0.2) is 12.7 Å². The minimum absolute atomic E-state index is 0.292. The number of hydrogen-bond acceptors (Lipinski definition) is 3. The molecule has 0 amide bonds. The maximum Gasteiger partial charge on any atom is 0.211 e. The summed E-state index contributed by atoms with van der Waals surface area (Å²) in [4.78, 5) is 0. The van der Waals surface area contributed by atoms with Crippen molar-refractivity contribution in [3.05, 3.63) is 0 Å². The molecule has 1 N–H and O–H groups in total. The zero-order valence-electron chi connectivity index (χ0n) is 10.6. The maximum atomic E-state index is 11.4. The molecule has 0 saturated heterocycles. The monoisotopic (exact) mass is 248 g/mol. The zero-order valence-corrected chi connectivity index (χ0v) is 11.4. The molecule has 1 atom stereocenters. The van der Waals surface area contributed by atoms with Gasteiger partial charge in [-0.1, -0.05) is 19.3 Å². The number of nitrogens with zero attached hydrogens (tertiary/aromatic N) is 1. The molecule has 0 aromatic rings. The first kappa shape index (κ1) is 13.9. The minimum atomic E-state index is -3.05. The second-order valence-electron chi connectivity index (χ2n) is 4.84. The van der Waals surface area contributed by atoms with E-state index >= 15 is 0 Å². The molecule has 1 aliphatic rings. The van der Waals surface area contributed by atoms with Crippen LogP contribution in [0, 0.1) is 5.92 Å². The van der Waals surface area contributed by atoms with E-state index in [2.05, 4.69) is 5.32 Å². The number of hydrogen-bond donors (Lipinski definition) is 1. The van der Waals surface area contributed by atoms with Crippen LogP contribution in [0.3, 0.4) is 0 Å². The van der Waals surface area contributed by atoms with Crippen molar-refractivity contribution in [3.8, 4) is 0 Å². The van der Waals surface area contributed by atoms with E-state index in [9.17, 15) is 8.42 Å². The largest absolute Gasteiger partial charge is 0.315 e. The molecule has 0 heterocycles. The summed E-state index contributed by atoms with van der Waals surface area (Å²) in [6.07, 6.45) is 7.61. The Labute approximate surface area is 99.5 Å². The third-order valence-corrected chi connectivity index (χ3v) is 4.89. The third-order valence-electron chi connectivity index (χ3n) is 3.61. The van der Waals surface area contributed by atoms with Crippen molar-refractivity contribution >= 4 is 10.0 Å². The van der Waals surface area contributed by atoms with E-state index in [0.717, 1.165) is 0 Å². The van der Waals surface area contributed by atoms with Gasteiger partial charge in [0.05, 0.1) is 6.26 Å². The normalized spacial score (nSPS) is 21.2. The highest BCUT2D eigenvalue weighted by Gasteiger charge is 2.25. The third kappa shape index (κ3) is 4.03. The van der Waals surface area contributed by atoms with Crippen LogP contribution >= 0.6 is 0 Å². The van der Waals surface area contributed by atoms with E-state index < -0.39 is 10.0 Å². The van der Waals surface area contributed by atoms with Gasteiger partial charge in [0.2, 0.25) is 10.0 Å². The number of likely N-dealkylation sites (N-methyl/N-ethyl adjacent to an activating group) is 2. The predicted octanol–water partition coefficient (Wildman–Crippen LogP) is 1.05. The van der Waals surface area contributed by atoms with Gasteiger partial charge in [-0.3, -0.25) is 0 Å². The SMILES string of the molecule is CN[C@H](CN(C)S(C)(=O)=O)C1CCCCC1. The summed E-state index contributed by atoms with van der Waals surface area (Å²) in [6, 6.07) is 0.292. The Morgan fingerprint density at radius 2 is 1.88 bits per heavy atom. The van der Waals surface area contributed by atoms with Crippen LogP contribution in [0.2, 0.25) is 0 Å². The molecule has 0 aromatic heterocycles. The van der Waals surface area contributed by atoms with Gasteiger partial charge < -0.3 is 5.32 Å². The fourth-order valence-electron chi connectivity index (χ4n) is 2.42. The van der Waals surface area contributed by atoms with E-state index in [1.54, 1.807) is 7.05 Å². The molecule has 4 nitrogen and oxygen atoms in total. The lowest BCUT2D eigenvalue weighted by molar-refractivity contribution is 0.251. The second-order valence-corrected chi connectivity index (χ2v) is 6.93. The molecule has 0 radical (unpaired) electrons. The molecule has 0 bridgehead atoms. The molecule has 1 saturated carbocycles. The lowest BCUT2D eigenvalue weighted by Gasteiger charge is -2.32. The van der Waals surface area contributed by atoms with Gasteiger partial charge in [0.1, 0.15) is 0 Å². The van der Waals surface area contributed by atoms with E-state index in [4.69, 9.17) is 0 Å². The van der Waals surface area contributed by atoms with Crippen molar-refractivity contribution in [2.24, 2.45) is 5.92 Å². The number of rotatable bonds is 5. The first-order valence-electron chi connectivity index (χ1n) is 6.03. The van der Waals surface area contributed by atoms with Crippen molar-refractivity contribution in [1.29, 1.82) is 0 Å². The van der Waals surface area contributed by atoms with Crippen LogP contribution < -0.4 is 5.32 Å². The van der Waals surface area contributed by atoms with Crippen LogP contribution in [-0.2, 0) is 10.0 Å². The molecule has 1 rings (SSSR count). The van der Waals surface area contributed by atoms with Crippen LogP contribution in [0.4, 0.5) is 0 Å². The molecule has 0 unspecified atom stereocenters. The maximum absolute atomic E-state index is 11.4. The Bertz CT molecular complexity index is 297. The molecule has 0 aliphatic heterocycles. The fraction of sp³-hybridized carbons (Fsp3) is 1.00. The predicted molar refractivity (Wildman–Crippen MR) is 66.9 cm³/mol. The van der Waals surface area contributed by atoms with E-state index in [1.165, 1.54) is 42.7 Å². The lowest BCUT2D eigenvalue weighted by atomic mass is 9.84. The quantitative estimate of drug-likeness (QED) is 0.791. The molecule has 1 aliphatic carbocycles. The highest BCUT2D eigenvalue weighted by atomic mass is 32.2. The summed E-state index contributed by atoms with van der Waals surface area (Å²) in [5.74, 6) is 0.628. The summed E-state index contributed by atoms with van der Waals surface area (Å²) < 4.78 is 24.2. The molecular formula is C11H24N2O2S. The Hall–Kier alpha value is -0.130. The van der Waals surface area contributed by atoms with Gasteiger partial charge in [-0.05, 0) is 25.8 Å². The Balaban J connectivity index is 2.54. The van der Waals surface area contributed by atoms with Gasteiger partial charge >= 0.3 is 0 Å². The highest BCUT2D eigenvalue weighted by Crippen LogP contribution is 2.26.